The van der Waals surface area contributed by atoms with Gasteiger partial charge in [0, 0.05) is 18.2 Å². The first-order valence-electron chi connectivity index (χ1n) is 5.51. The average molecular weight is 242 g/mol. The van der Waals surface area contributed by atoms with Crippen molar-refractivity contribution in [2.45, 2.75) is 32.7 Å². The summed E-state index contributed by atoms with van der Waals surface area (Å²) >= 11 is 6.05. The summed E-state index contributed by atoms with van der Waals surface area (Å²) in [6.45, 7) is 4.50. The summed E-state index contributed by atoms with van der Waals surface area (Å²) in [6.07, 6.45) is 2.33. The molecule has 1 fully saturated rings. The minimum Gasteiger partial charge on any atom is -0.395 e. The van der Waals surface area contributed by atoms with Gasteiger partial charge in [-0.1, -0.05) is 11.6 Å². The standard InChI is InChI=1S/C11H16ClN3O/c1-7-10(12)13-8(2)14-11(7)15(5-6-16)9-3-4-9/h9,16H,3-6H2,1-2H3. The normalized spacial score (nSPS) is 15.2. The van der Waals surface area contributed by atoms with Crippen LogP contribution < -0.4 is 4.90 Å². The Morgan fingerprint density at radius 3 is 2.62 bits per heavy atom. The molecule has 1 aromatic heterocycles. The van der Waals surface area contributed by atoms with Crippen LogP contribution in [-0.4, -0.2) is 34.3 Å². The maximum atomic E-state index is 9.09. The number of hydrogen-bond donors (Lipinski definition) is 1. The minimum absolute atomic E-state index is 0.136. The second-order valence-corrected chi connectivity index (χ2v) is 4.52. The number of hydrogen-bond acceptors (Lipinski definition) is 4. The highest BCUT2D eigenvalue weighted by Crippen LogP contribution is 2.33. The highest BCUT2D eigenvalue weighted by molar-refractivity contribution is 6.30. The second-order valence-electron chi connectivity index (χ2n) is 4.16. The van der Waals surface area contributed by atoms with Crippen LogP contribution in [0.5, 0.6) is 0 Å². The van der Waals surface area contributed by atoms with Crippen LogP contribution in [-0.2, 0) is 0 Å². The Morgan fingerprint density at radius 2 is 2.06 bits per heavy atom. The molecule has 0 unspecified atom stereocenters. The fourth-order valence-corrected chi connectivity index (χ4v) is 2.02. The number of nitrogens with zero attached hydrogens (tertiary/aromatic N) is 3. The lowest BCUT2D eigenvalue weighted by Crippen LogP contribution is -2.30. The van der Waals surface area contributed by atoms with Crippen LogP contribution in [0.2, 0.25) is 5.15 Å². The van der Waals surface area contributed by atoms with Gasteiger partial charge in [-0.3, -0.25) is 0 Å². The van der Waals surface area contributed by atoms with Crippen molar-refractivity contribution < 1.29 is 5.11 Å². The number of aliphatic hydroxyl groups is 1. The highest BCUT2D eigenvalue weighted by atomic mass is 35.5. The lowest BCUT2D eigenvalue weighted by molar-refractivity contribution is 0.301. The average Bonchev–Trinajstić information content (AvgIpc) is 3.04. The van der Waals surface area contributed by atoms with Crippen molar-refractivity contribution in [2.75, 3.05) is 18.1 Å². The fourth-order valence-electron chi connectivity index (χ4n) is 1.82. The summed E-state index contributed by atoms with van der Waals surface area (Å²) in [5, 5.41) is 9.59. The molecule has 0 amide bonds. The van der Waals surface area contributed by atoms with Crippen LogP contribution >= 0.6 is 11.6 Å². The van der Waals surface area contributed by atoms with E-state index in [0.717, 1.165) is 11.4 Å². The summed E-state index contributed by atoms with van der Waals surface area (Å²) in [5.41, 5.74) is 0.896. The first-order chi connectivity index (χ1) is 7.63. The molecule has 1 N–H and O–H groups in total. The Balaban J connectivity index is 2.35. The molecule has 1 aliphatic carbocycles. The summed E-state index contributed by atoms with van der Waals surface area (Å²) in [6, 6.07) is 0.510. The molecule has 0 bridgehead atoms. The van der Waals surface area contributed by atoms with Crippen molar-refractivity contribution in [2.24, 2.45) is 0 Å². The van der Waals surface area contributed by atoms with Gasteiger partial charge < -0.3 is 10.0 Å². The van der Waals surface area contributed by atoms with Crippen molar-refractivity contribution in [1.29, 1.82) is 0 Å². The summed E-state index contributed by atoms with van der Waals surface area (Å²) in [5.74, 6) is 1.54. The lowest BCUT2D eigenvalue weighted by atomic mass is 10.3. The van der Waals surface area contributed by atoms with Gasteiger partial charge >= 0.3 is 0 Å². The van der Waals surface area contributed by atoms with E-state index in [1.165, 1.54) is 12.8 Å². The van der Waals surface area contributed by atoms with E-state index in [9.17, 15) is 0 Å². The van der Waals surface area contributed by atoms with Gasteiger partial charge in [-0.2, -0.15) is 0 Å². The zero-order valence-electron chi connectivity index (χ0n) is 9.57. The Kier molecular flexibility index (Phi) is 3.30. The fraction of sp³-hybridized carbons (Fsp3) is 0.636. The van der Waals surface area contributed by atoms with Crippen molar-refractivity contribution >= 4 is 17.4 Å². The van der Waals surface area contributed by atoms with E-state index in [-0.39, 0.29) is 6.61 Å². The molecule has 0 radical (unpaired) electrons. The van der Waals surface area contributed by atoms with Gasteiger partial charge in [0.25, 0.3) is 0 Å². The summed E-state index contributed by atoms with van der Waals surface area (Å²) in [4.78, 5) is 10.7. The summed E-state index contributed by atoms with van der Waals surface area (Å²) < 4.78 is 0. The van der Waals surface area contributed by atoms with E-state index in [4.69, 9.17) is 16.7 Å². The third-order valence-corrected chi connectivity index (χ3v) is 3.14. The molecule has 16 heavy (non-hydrogen) atoms. The Morgan fingerprint density at radius 1 is 1.38 bits per heavy atom. The number of rotatable bonds is 4. The maximum Gasteiger partial charge on any atom is 0.137 e. The monoisotopic (exact) mass is 241 g/mol. The molecule has 0 aliphatic heterocycles. The molecule has 88 valence electrons. The van der Waals surface area contributed by atoms with E-state index in [2.05, 4.69) is 14.9 Å². The van der Waals surface area contributed by atoms with Gasteiger partial charge in [0.2, 0.25) is 0 Å². The molecule has 1 saturated carbocycles. The molecule has 0 spiro atoms. The molecule has 0 atom stereocenters. The molecule has 2 rings (SSSR count). The van der Waals surface area contributed by atoms with Gasteiger partial charge in [0.05, 0.1) is 6.61 Å². The molecular formula is C11H16ClN3O. The Labute approximate surface area is 100 Å². The first-order valence-corrected chi connectivity index (χ1v) is 5.89. The largest absolute Gasteiger partial charge is 0.395 e. The van der Waals surface area contributed by atoms with Crippen molar-refractivity contribution in [3.63, 3.8) is 0 Å². The van der Waals surface area contributed by atoms with Crippen LogP contribution in [0.15, 0.2) is 0 Å². The van der Waals surface area contributed by atoms with Crippen LogP contribution in [0.4, 0.5) is 5.82 Å². The molecule has 1 heterocycles. The predicted octanol–water partition coefficient (Wildman–Crippen LogP) is 1.71. The second kappa shape index (κ2) is 4.55. The van der Waals surface area contributed by atoms with Crippen LogP contribution in [0.1, 0.15) is 24.2 Å². The minimum atomic E-state index is 0.136. The number of aromatic nitrogens is 2. The van der Waals surface area contributed by atoms with Crippen molar-refractivity contribution in [1.82, 2.24) is 9.97 Å². The third kappa shape index (κ3) is 2.28. The highest BCUT2D eigenvalue weighted by Gasteiger charge is 2.31. The zero-order valence-corrected chi connectivity index (χ0v) is 10.3. The number of aliphatic hydroxyl groups excluding tert-OH is 1. The Bertz CT molecular complexity index is 393. The van der Waals surface area contributed by atoms with Crippen molar-refractivity contribution in [3.8, 4) is 0 Å². The van der Waals surface area contributed by atoms with Gasteiger partial charge in [-0.15, -0.1) is 0 Å². The molecule has 0 saturated heterocycles. The van der Waals surface area contributed by atoms with Crippen LogP contribution in [0.25, 0.3) is 0 Å². The number of halogens is 1. The molecule has 1 aliphatic rings. The van der Waals surface area contributed by atoms with E-state index >= 15 is 0 Å². The van der Waals surface area contributed by atoms with Crippen LogP contribution in [0.3, 0.4) is 0 Å². The van der Waals surface area contributed by atoms with E-state index in [0.29, 0.717) is 23.6 Å². The smallest absolute Gasteiger partial charge is 0.137 e. The number of anilines is 1. The SMILES string of the molecule is Cc1nc(Cl)c(C)c(N(CCO)C2CC2)n1. The predicted molar refractivity (Wildman–Crippen MR) is 64.0 cm³/mol. The summed E-state index contributed by atoms with van der Waals surface area (Å²) in [7, 11) is 0. The molecule has 0 aromatic carbocycles. The lowest BCUT2D eigenvalue weighted by Gasteiger charge is -2.24. The topological polar surface area (TPSA) is 49.2 Å². The molecule has 4 nitrogen and oxygen atoms in total. The Hall–Kier alpha value is -0.870. The number of aryl methyl sites for hydroxylation is 1. The molecular weight excluding hydrogens is 226 g/mol. The van der Waals surface area contributed by atoms with Gasteiger partial charge in [-0.05, 0) is 26.7 Å². The third-order valence-electron chi connectivity index (χ3n) is 2.77. The van der Waals surface area contributed by atoms with Gasteiger partial charge in [-0.25, -0.2) is 9.97 Å². The van der Waals surface area contributed by atoms with Crippen molar-refractivity contribution in [3.05, 3.63) is 16.5 Å². The van der Waals surface area contributed by atoms with Crippen LogP contribution in [0, 0.1) is 13.8 Å². The molecule has 1 aromatic rings. The zero-order chi connectivity index (χ0) is 11.7. The van der Waals surface area contributed by atoms with E-state index in [1.54, 1.807) is 0 Å². The molecule has 5 heteroatoms. The van der Waals surface area contributed by atoms with E-state index < -0.39 is 0 Å². The first kappa shape index (κ1) is 11.6. The van der Waals surface area contributed by atoms with Gasteiger partial charge in [0.15, 0.2) is 0 Å². The van der Waals surface area contributed by atoms with Gasteiger partial charge in [0.1, 0.15) is 16.8 Å². The quantitative estimate of drug-likeness (QED) is 0.816. The van der Waals surface area contributed by atoms with E-state index in [1.807, 2.05) is 13.8 Å². The maximum absolute atomic E-state index is 9.09.